The van der Waals surface area contributed by atoms with Crippen molar-refractivity contribution in [3.63, 3.8) is 0 Å². The van der Waals surface area contributed by atoms with Gasteiger partial charge in [-0.25, -0.2) is 0 Å². The lowest BCUT2D eigenvalue weighted by Crippen LogP contribution is -2.79. The molecule has 2 aromatic carbocycles. The zero-order valence-electron chi connectivity index (χ0n) is 25.0. The smallest absolute Gasteiger partial charge is 0.265 e. The predicted molar refractivity (Wildman–Crippen MR) is 176 cm³/mol. The van der Waals surface area contributed by atoms with E-state index < -0.39 is 79.2 Å². The number of piperazine rings is 2. The van der Waals surface area contributed by atoms with E-state index in [9.17, 15) is 34.5 Å². The van der Waals surface area contributed by atoms with Crippen LogP contribution >= 0.6 is 43.2 Å². The van der Waals surface area contributed by atoms with E-state index in [1.807, 2.05) is 36.4 Å². The number of para-hydroxylation sites is 2. The van der Waals surface area contributed by atoms with Crippen molar-refractivity contribution in [3.05, 3.63) is 59.7 Å². The van der Waals surface area contributed by atoms with Gasteiger partial charge in [-0.05, 0) is 62.6 Å². The van der Waals surface area contributed by atoms with E-state index in [0.717, 1.165) is 32.4 Å². The summed E-state index contributed by atoms with van der Waals surface area (Å²) in [5, 5.41) is 44.2. The third-order valence-electron chi connectivity index (χ3n) is 12.1. The Hall–Kier alpha value is -2.80. The number of fused-ring (bicyclic) bond motifs is 11. The molecule has 2 aromatic rings. The molecule has 10 heterocycles. The minimum absolute atomic E-state index is 0.373. The van der Waals surface area contributed by atoms with Crippen LogP contribution in [0.25, 0.3) is 0 Å². The first-order chi connectivity index (χ1) is 22.4. The van der Waals surface area contributed by atoms with Crippen LogP contribution < -0.4 is 10.6 Å². The van der Waals surface area contributed by atoms with E-state index in [-0.39, 0.29) is 5.91 Å². The number of hydrogen-bond acceptors (Lipinski definition) is 13. The van der Waals surface area contributed by atoms with Gasteiger partial charge in [0.05, 0.1) is 17.4 Å². The molecule has 8 saturated heterocycles. The number of carbonyl (C=O) groups excluding carboxylic acids is 4. The molecule has 0 radical (unpaired) electrons. The molecule has 12 rings (SSSR count). The van der Waals surface area contributed by atoms with Gasteiger partial charge < -0.3 is 35.8 Å². The van der Waals surface area contributed by atoms with Crippen LogP contribution in [0.4, 0.5) is 11.4 Å². The molecule has 10 aliphatic rings. The van der Waals surface area contributed by atoms with E-state index in [2.05, 4.69) is 10.6 Å². The standard InChI is InChI=1S/C30H28N6O7S4/c1-25-21(40)35-19-27(13-8-4-6-10-15(13)31-19,17(38)29(35,46-44-25)23(42)33(25)2)28-14-9-5-7-11-16(14)32-20(28)36-22(41)26(12-37)34(3)24(43)30(36,18(28)39)47-45-26/h4-11,17-20,31-32,37-39H,12H2,1-3H3/t17-,18-,19+,20+,25-,26-,27+,28?,29-,30-/m0/s1. The zero-order valence-corrected chi connectivity index (χ0v) is 28.3. The van der Waals surface area contributed by atoms with Crippen LogP contribution in [-0.4, -0.2) is 123 Å². The lowest BCUT2D eigenvalue weighted by atomic mass is 9.52. The van der Waals surface area contributed by atoms with E-state index in [1.54, 1.807) is 26.1 Å². The number of nitrogens with zero attached hydrogens (tertiary/aromatic N) is 4. The number of anilines is 2. The van der Waals surface area contributed by atoms with Crippen molar-refractivity contribution in [2.75, 3.05) is 31.3 Å². The van der Waals surface area contributed by atoms with Crippen LogP contribution in [0.1, 0.15) is 18.1 Å². The quantitative estimate of drug-likeness (QED) is 0.271. The van der Waals surface area contributed by atoms with Gasteiger partial charge >= 0.3 is 0 Å². The first-order valence-corrected chi connectivity index (χ1v) is 19.4. The van der Waals surface area contributed by atoms with E-state index in [4.69, 9.17) is 0 Å². The summed E-state index contributed by atoms with van der Waals surface area (Å²) < 4.78 is 0. The molecule has 4 bridgehead atoms. The van der Waals surface area contributed by atoms with Crippen molar-refractivity contribution in [1.82, 2.24) is 19.6 Å². The maximum Gasteiger partial charge on any atom is 0.265 e. The van der Waals surface area contributed by atoms with Crippen molar-refractivity contribution < 1.29 is 34.5 Å². The Kier molecular flexibility index (Phi) is 5.15. The summed E-state index contributed by atoms with van der Waals surface area (Å²) in [6.45, 7) is 1.04. The monoisotopic (exact) mass is 712 g/mol. The summed E-state index contributed by atoms with van der Waals surface area (Å²) in [6.07, 6.45) is -5.50. The van der Waals surface area contributed by atoms with Gasteiger partial charge in [0.2, 0.25) is 14.6 Å². The minimum atomic E-state index is -1.87. The SMILES string of the molecule is CN1C(=O)[C@]23SS[C@@]1(C)C(=O)N2[C@H]1Nc2ccccc2[C@@]1(C12c4ccccc4N[C@@H]1N1C(=O)[C@]4(CO)SS[C@]1(C(=O)N4C)[C@H]2O)[C@@H]3O. The summed E-state index contributed by atoms with van der Waals surface area (Å²) in [7, 11) is 7.44. The average molecular weight is 713 g/mol. The maximum absolute atomic E-state index is 14.7. The lowest BCUT2D eigenvalue weighted by molar-refractivity contribution is -0.169. The van der Waals surface area contributed by atoms with Crippen molar-refractivity contribution in [2.45, 2.75) is 61.8 Å². The Morgan fingerprint density at radius 2 is 1.15 bits per heavy atom. The summed E-state index contributed by atoms with van der Waals surface area (Å²) >= 11 is 0. The number of rotatable bonds is 2. The molecule has 4 amide bonds. The summed E-state index contributed by atoms with van der Waals surface area (Å²) in [6, 6.07) is 14.5. The highest BCUT2D eigenvalue weighted by Gasteiger charge is 2.93. The number of nitrogens with one attached hydrogen (secondary N) is 2. The fourth-order valence-corrected chi connectivity index (χ4v) is 17.1. The molecule has 244 valence electrons. The van der Waals surface area contributed by atoms with E-state index in [0.29, 0.717) is 22.5 Å². The van der Waals surface area contributed by atoms with Crippen LogP contribution in [-0.2, 0) is 30.0 Å². The average Bonchev–Trinajstić information content (AvgIpc) is 3.72. The topological polar surface area (TPSA) is 166 Å². The Bertz CT molecular complexity index is 1920. The van der Waals surface area contributed by atoms with Crippen LogP contribution in [0.5, 0.6) is 0 Å². The van der Waals surface area contributed by atoms with Crippen molar-refractivity contribution in [1.29, 1.82) is 0 Å². The third-order valence-corrected chi connectivity index (χ3v) is 19.5. The number of carbonyl (C=O) groups is 4. The highest BCUT2D eigenvalue weighted by molar-refractivity contribution is 8.78. The molecule has 8 fully saturated rings. The number of amides is 4. The summed E-state index contributed by atoms with van der Waals surface area (Å²) in [5.41, 5.74) is -1.12. The third kappa shape index (κ3) is 2.44. The van der Waals surface area contributed by atoms with Gasteiger partial charge in [0.15, 0.2) is 4.87 Å². The largest absolute Gasteiger partial charge is 0.392 e. The summed E-state index contributed by atoms with van der Waals surface area (Å²) in [4.78, 5) is 57.4. The molecule has 10 aliphatic heterocycles. The second-order valence-electron chi connectivity index (χ2n) is 13.5. The molecule has 10 atom stereocenters. The summed E-state index contributed by atoms with van der Waals surface area (Å²) in [5.74, 6) is -1.94. The fourth-order valence-electron chi connectivity index (χ4n) is 9.92. The highest BCUT2D eigenvalue weighted by atomic mass is 33.1. The Labute approximate surface area is 283 Å². The number of benzene rings is 2. The molecular weight excluding hydrogens is 685 g/mol. The van der Waals surface area contributed by atoms with E-state index >= 15 is 0 Å². The second-order valence-corrected chi connectivity index (χ2v) is 18.8. The van der Waals surface area contributed by atoms with Gasteiger partial charge in [0, 0.05) is 25.5 Å². The van der Waals surface area contributed by atoms with Crippen LogP contribution in [0.3, 0.4) is 0 Å². The molecule has 13 nitrogen and oxygen atoms in total. The van der Waals surface area contributed by atoms with Gasteiger partial charge in [0.1, 0.15) is 24.5 Å². The molecule has 0 aliphatic carbocycles. The first kappa shape index (κ1) is 29.1. The molecule has 1 unspecified atom stereocenters. The highest BCUT2D eigenvalue weighted by Crippen LogP contribution is 2.78. The van der Waals surface area contributed by atoms with Gasteiger partial charge in [-0.2, -0.15) is 0 Å². The first-order valence-electron chi connectivity index (χ1n) is 15.1. The van der Waals surface area contributed by atoms with Gasteiger partial charge in [-0.15, -0.1) is 0 Å². The van der Waals surface area contributed by atoms with Crippen LogP contribution in [0, 0.1) is 0 Å². The predicted octanol–water partition coefficient (Wildman–Crippen LogP) is 0.303. The Morgan fingerprint density at radius 3 is 1.68 bits per heavy atom. The molecular formula is C30H28N6O7S4. The van der Waals surface area contributed by atoms with Gasteiger partial charge in [0.25, 0.3) is 23.6 Å². The number of aliphatic hydroxyl groups is 3. The van der Waals surface area contributed by atoms with Gasteiger partial charge in [-0.1, -0.05) is 47.2 Å². The lowest BCUT2D eigenvalue weighted by Gasteiger charge is -2.58. The Morgan fingerprint density at radius 1 is 0.681 bits per heavy atom. The zero-order chi connectivity index (χ0) is 32.8. The normalized spacial score (nSPS) is 46.3. The van der Waals surface area contributed by atoms with Crippen LogP contribution in [0.15, 0.2) is 48.5 Å². The van der Waals surface area contributed by atoms with Crippen molar-refractivity contribution in [2.24, 2.45) is 0 Å². The van der Waals surface area contributed by atoms with E-state index in [1.165, 1.54) is 37.4 Å². The van der Waals surface area contributed by atoms with Gasteiger partial charge in [-0.3, -0.25) is 29.0 Å². The fraction of sp³-hybridized carbons (Fsp3) is 0.467. The van der Waals surface area contributed by atoms with Crippen molar-refractivity contribution >= 4 is 78.2 Å². The Balaban J connectivity index is 1.35. The molecule has 0 aromatic heterocycles. The molecule has 47 heavy (non-hydrogen) atoms. The molecule has 17 heteroatoms. The minimum Gasteiger partial charge on any atom is -0.392 e. The maximum atomic E-state index is 14.7. The van der Waals surface area contributed by atoms with Crippen LogP contribution in [0.2, 0.25) is 0 Å². The number of aliphatic hydroxyl groups excluding tert-OH is 3. The molecule has 2 spiro atoms. The molecule has 5 N–H and O–H groups in total. The number of hydrogen-bond donors (Lipinski definition) is 5. The molecule has 0 saturated carbocycles. The second kappa shape index (κ2) is 8.31. The van der Waals surface area contributed by atoms with Crippen molar-refractivity contribution in [3.8, 4) is 0 Å². The number of likely N-dealkylation sites (N-methyl/N-ethyl adjacent to an activating group) is 2.